The summed E-state index contributed by atoms with van der Waals surface area (Å²) in [5.74, 6) is -0.293. The average molecular weight is 271 g/mol. The Labute approximate surface area is 117 Å². The summed E-state index contributed by atoms with van der Waals surface area (Å²) >= 11 is 0. The molecule has 2 saturated heterocycles. The van der Waals surface area contributed by atoms with Crippen LogP contribution in [0.15, 0.2) is 30.0 Å². The van der Waals surface area contributed by atoms with Gasteiger partial charge in [-0.15, -0.1) is 0 Å². The van der Waals surface area contributed by atoms with Crippen molar-refractivity contribution in [2.45, 2.75) is 12.8 Å². The molecular formula is C15H17N3O2. The second kappa shape index (κ2) is 5.00. The second-order valence-corrected chi connectivity index (χ2v) is 5.14. The highest BCUT2D eigenvalue weighted by atomic mass is 16.2. The van der Waals surface area contributed by atoms with E-state index in [0.717, 1.165) is 23.6 Å². The number of nitrogens with one attached hydrogen (secondary N) is 1. The molecule has 0 unspecified atom stereocenters. The van der Waals surface area contributed by atoms with Crippen molar-refractivity contribution in [3.63, 3.8) is 0 Å². The van der Waals surface area contributed by atoms with Crippen LogP contribution >= 0.6 is 0 Å². The molecule has 2 fully saturated rings. The van der Waals surface area contributed by atoms with Crippen molar-refractivity contribution in [3.05, 3.63) is 35.5 Å². The van der Waals surface area contributed by atoms with E-state index in [-0.39, 0.29) is 11.9 Å². The second-order valence-electron chi connectivity index (χ2n) is 5.14. The molecule has 2 heterocycles. The molecule has 20 heavy (non-hydrogen) atoms. The van der Waals surface area contributed by atoms with E-state index in [0.29, 0.717) is 5.70 Å². The Bertz CT molecular complexity index is 571. The number of rotatable bonds is 2. The van der Waals surface area contributed by atoms with Crippen LogP contribution in [0, 0.1) is 0 Å². The zero-order valence-electron chi connectivity index (χ0n) is 11.4. The minimum Gasteiger partial charge on any atom is -0.372 e. The Balaban J connectivity index is 1.78. The summed E-state index contributed by atoms with van der Waals surface area (Å²) < 4.78 is 0. The average Bonchev–Trinajstić information content (AvgIpc) is 3.06. The number of hydrogen-bond acceptors (Lipinski definition) is 3. The van der Waals surface area contributed by atoms with Gasteiger partial charge in [-0.2, -0.15) is 0 Å². The lowest BCUT2D eigenvalue weighted by molar-refractivity contribution is -0.121. The molecule has 5 heteroatoms. The van der Waals surface area contributed by atoms with Gasteiger partial charge in [-0.1, -0.05) is 12.1 Å². The number of carbonyl (C=O) groups excluding carboxylic acids is 2. The van der Waals surface area contributed by atoms with Crippen LogP contribution in [0.2, 0.25) is 0 Å². The number of nitrogens with zero attached hydrogens (tertiary/aromatic N) is 2. The number of urea groups is 1. The number of anilines is 1. The van der Waals surface area contributed by atoms with Crippen LogP contribution in [0.3, 0.4) is 0 Å². The maximum atomic E-state index is 11.8. The van der Waals surface area contributed by atoms with Gasteiger partial charge in [0.1, 0.15) is 5.70 Å². The Hall–Kier alpha value is -2.30. The van der Waals surface area contributed by atoms with Crippen molar-refractivity contribution < 1.29 is 9.59 Å². The molecule has 3 amide bonds. The molecule has 1 N–H and O–H groups in total. The Morgan fingerprint density at radius 1 is 1.10 bits per heavy atom. The van der Waals surface area contributed by atoms with Crippen LogP contribution in [0.1, 0.15) is 18.4 Å². The van der Waals surface area contributed by atoms with Crippen LogP contribution in [-0.2, 0) is 4.79 Å². The molecule has 0 aromatic heterocycles. The molecule has 104 valence electrons. The van der Waals surface area contributed by atoms with E-state index in [1.807, 2.05) is 12.1 Å². The van der Waals surface area contributed by atoms with Gasteiger partial charge in [-0.25, -0.2) is 4.79 Å². The highest BCUT2D eigenvalue weighted by Gasteiger charge is 2.29. The van der Waals surface area contributed by atoms with Gasteiger partial charge in [0.05, 0.1) is 0 Å². The van der Waals surface area contributed by atoms with E-state index >= 15 is 0 Å². The summed E-state index contributed by atoms with van der Waals surface area (Å²) in [7, 11) is 1.47. The summed E-state index contributed by atoms with van der Waals surface area (Å²) in [4.78, 5) is 26.6. The first-order valence-electron chi connectivity index (χ1n) is 6.81. The van der Waals surface area contributed by atoms with Crippen molar-refractivity contribution in [1.82, 2.24) is 10.2 Å². The lowest BCUT2D eigenvalue weighted by atomic mass is 10.1. The maximum Gasteiger partial charge on any atom is 0.328 e. The predicted molar refractivity (Wildman–Crippen MR) is 77.2 cm³/mol. The molecule has 2 aliphatic rings. The van der Waals surface area contributed by atoms with Gasteiger partial charge in [-0.05, 0) is 36.6 Å². The molecule has 0 saturated carbocycles. The van der Waals surface area contributed by atoms with Crippen LogP contribution in [0.25, 0.3) is 6.08 Å². The molecule has 1 aromatic carbocycles. The number of likely N-dealkylation sites (N-methyl/N-ethyl adjacent to an activating group) is 1. The molecule has 0 radical (unpaired) electrons. The van der Waals surface area contributed by atoms with E-state index in [9.17, 15) is 9.59 Å². The van der Waals surface area contributed by atoms with E-state index < -0.39 is 0 Å². The van der Waals surface area contributed by atoms with Crippen molar-refractivity contribution >= 4 is 23.7 Å². The van der Waals surface area contributed by atoms with Gasteiger partial charge >= 0.3 is 6.03 Å². The number of carbonyl (C=O) groups is 2. The molecule has 2 aliphatic heterocycles. The summed E-state index contributed by atoms with van der Waals surface area (Å²) in [5, 5.41) is 2.56. The van der Waals surface area contributed by atoms with E-state index in [1.165, 1.54) is 25.6 Å². The van der Waals surface area contributed by atoms with Gasteiger partial charge in [0.2, 0.25) is 0 Å². The highest BCUT2D eigenvalue weighted by Crippen LogP contribution is 2.21. The van der Waals surface area contributed by atoms with Crippen molar-refractivity contribution in [3.8, 4) is 0 Å². The third-order valence-corrected chi connectivity index (χ3v) is 3.76. The normalized spacial score (nSPS) is 20.9. The molecule has 3 rings (SSSR count). The Morgan fingerprint density at radius 3 is 2.30 bits per heavy atom. The van der Waals surface area contributed by atoms with E-state index in [1.54, 1.807) is 6.08 Å². The number of imide groups is 1. The van der Waals surface area contributed by atoms with Crippen LogP contribution in [-0.4, -0.2) is 37.0 Å². The van der Waals surface area contributed by atoms with Crippen LogP contribution < -0.4 is 10.2 Å². The molecule has 1 aromatic rings. The molecule has 5 nitrogen and oxygen atoms in total. The summed E-state index contributed by atoms with van der Waals surface area (Å²) in [6, 6.07) is 7.68. The maximum absolute atomic E-state index is 11.8. The fourth-order valence-corrected chi connectivity index (χ4v) is 2.55. The molecule has 0 bridgehead atoms. The minimum absolute atomic E-state index is 0.293. The standard InChI is InChI=1S/C15H17N3O2/c1-17-14(19)13(16-15(17)20)10-11-4-6-12(7-5-11)18-8-2-3-9-18/h4-7,10H,2-3,8-9H2,1H3,(H,16,20)/b13-10+. The number of hydrogen-bond donors (Lipinski definition) is 1. The van der Waals surface area contributed by atoms with Gasteiger partial charge in [0.25, 0.3) is 5.91 Å². The summed E-state index contributed by atoms with van der Waals surface area (Å²) in [6.07, 6.45) is 4.20. The first kappa shape index (κ1) is 12.7. The summed E-state index contributed by atoms with van der Waals surface area (Å²) in [5.41, 5.74) is 2.45. The first-order valence-corrected chi connectivity index (χ1v) is 6.81. The minimum atomic E-state index is -0.380. The largest absolute Gasteiger partial charge is 0.372 e. The zero-order valence-corrected chi connectivity index (χ0v) is 11.4. The highest BCUT2D eigenvalue weighted by molar-refractivity contribution is 6.13. The topological polar surface area (TPSA) is 52.7 Å². The lowest BCUT2D eigenvalue weighted by Gasteiger charge is -2.17. The number of benzene rings is 1. The van der Waals surface area contributed by atoms with Crippen molar-refractivity contribution in [1.29, 1.82) is 0 Å². The van der Waals surface area contributed by atoms with Gasteiger partial charge < -0.3 is 10.2 Å². The first-order chi connectivity index (χ1) is 9.65. The monoisotopic (exact) mass is 271 g/mol. The fourth-order valence-electron chi connectivity index (χ4n) is 2.55. The quantitative estimate of drug-likeness (QED) is 0.659. The third kappa shape index (κ3) is 2.27. The Kier molecular flexibility index (Phi) is 3.18. The SMILES string of the molecule is CN1C(=O)N/C(=C/c2ccc(N3CCCC3)cc2)C1=O. The molecule has 0 aliphatic carbocycles. The molecular weight excluding hydrogens is 254 g/mol. The fraction of sp³-hybridized carbons (Fsp3) is 0.333. The lowest BCUT2D eigenvalue weighted by Crippen LogP contribution is -2.25. The van der Waals surface area contributed by atoms with E-state index in [4.69, 9.17) is 0 Å². The smallest absolute Gasteiger partial charge is 0.328 e. The van der Waals surface area contributed by atoms with Crippen LogP contribution in [0.4, 0.5) is 10.5 Å². The molecule has 0 spiro atoms. The van der Waals surface area contributed by atoms with Gasteiger partial charge in [0.15, 0.2) is 0 Å². The zero-order chi connectivity index (χ0) is 14.1. The van der Waals surface area contributed by atoms with E-state index in [2.05, 4.69) is 22.3 Å². The van der Waals surface area contributed by atoms with Crippen molar-refractivity contribution in [2.75, 3.05) is 25.0 Å². The predicted octanol–water partition coefficient (Wildman–Crippen LogP) is 1.81. The van der Waals surface area contributed by atoms with Crippen molar-refractivity contribution in [2.24, 2.45) is 0 Å². The van der Waals surface area contributed by atoms with Gasteiger partial charge in [-0.3, -0.25) is 9.69 Å². The molecule has 0 atom stereocenters. The van der Waals surface area contributed by atoms with Crippen LogP contribution in [0.5, 0.6) is 0 Å². The Morgan fingerprint density at radius 2 is 1.75 bits per heavy atom. The van der Waals surface area contributed by atoms with Gasteiger partial charge in [0, 0.05) is 25.8 Å². The third-order valence-electron chi connectivity index (χ3n) is 3.76. The summed E-state index contributed by atoms with van der Waals surface area (Å²) in [6.45, 7) is 2.22. The number of amides is 3.